The molecule has 0 radical (unpaired) electrons. The van der Waals surface area contributed by atoms with Crippen molar-refractivity contribution in [3.8, 4) is 5.19 Å². The molecule has 3 nitrogen and oxygen atoms in total. The number of hydrogen-bond donors (Lipinski definition) is 2. The lowest BCUT2D eigenvalue weighted by Crippen LogP contribution is -1.72. The zero-order chi connectivity index (χ0) is 7.14. The van der Waals surface area contributed by atoms with Crippen LogP contribution in [0.5, 0.6) is 5.19 Å². The van der Waals surface area contributed by atoms with Gasteiger partial charge < -0.3 is 10.8 Å². The van der Waals surface area contributed by atoms with E-state index >= 15 is 0 Å². The lowest BCUT2D eigenvalue weighted by atomic mass is 10.6. The van der Waals surface area contributed by atoms with Gasteiger partial charge in [-0.25, -0.2) is 0 Å². The van der Waals surface area contributed by atoms with Gasteiger partial charge in [0.15, 0.2) is 0 Å². The maximum atomic E-state index is 8.91. The quantitative estimate of drug-likeness (QED) is 0.635. The number of anilines is 1. The Bertz CT molecular complexity index is 301. The Hall–Kier alpha value is -0.810. The average molecular weight is 172 g/mol. The number of nitrogens with two attached hydrogens (primary N) is 1. The molecule has 0 spiro atoms. The van der Waals surface area contributed by atoms with E-state index in [4.69, 9.17) is 10.8 Å². The predicted octanol–water partition coefficient (Wildman–Crippen LogP) is 1.65. The first-order chi connectivity index (χ1) is 4.75. The maximum absolute atomic E-state index is 8.91. The van der Waals surface area contributed by atoms with Crippen molar-refractivity contribution in [3.63, 3.8) is 0 Å². The van der Waals surface area contributed by atoms with Crippen LogP contribution in [-0.4, -0.2) is 10.1 Å². The van der Waals surface area contributed by atoms with Gasteiger partial charge in [0.25, 0.3) is 5.19 Å². The van der Waals surface area contributed by atoms with E-state index in [1.165, 1.54) is 22.7 Å². The molecular weight excluding hydrogens is 168 g/mol. The van der Waals surface area contributed by atoms with Gasteiger partial charge in [-0.2, -0.15) is 4.98 Å². The number of aromatic nitrogens is 1. The molecule has 52 valence electrons. The third-order valence-electron chi connectivity index (χ3n) is 1.10. The zero-order valence-electron chi connectivity index (χ0n) is 4.87. The van der Waals surface area contributed by atoms with Crippen molar-refractivity contribution in [3.05, 3.63) is 6.07 Å². The summed E-state index contributed by atoms with van der Waals surface area (Å²) >= 11 is 2.64. The summed E-state index contributed by atoms with van der Waals surface area (Å²) in [6.07, 6.45) is 0. The molecular formula is C5H4N2OS2. The van der Waals surface area contributed by atoms with E-state index < -0.39 is 0 Å². The highest BCUT2D eigenvalue weighted by Crippen LogP contribution is 2.34. The number of nitrogens with zero attached hydrogens (tertiary/aromatic N) is 1. The van der Waals surface area contributed by atoms with Crippen LogP contribution >= 0.6 is 22.7 Å². The van der Waals surface area contributed by atoms with E-state index in [1.54, 1.807) is 0 Å². The first-order valence-electron chi connectivity index (χ1n) is 2.60. The van der Waals surface area contributed by atoms with E-state index in [1.807, 2.05) is 6.07 Å². The van der Waals surface area contributed by atoms with Crippen LogP contribution in [-0.2, 0) is 0 Å². The van der Waals surface area contributed by atoms with Crippen molar-refractivity contribution in [1.82, 2.24) is 4.98 Å². The zero-order valence-corrected chi connectivity index (χ0v) is 6.50. The monoisotopic (exact) mass is 172 g/mol. The van der Waals surface area contributed by atoms with Crippen LogP contribution in [0.1, 0.15) is 0 Å². The molecule has 0 aliphatic carbocycles. The van der Waals surface area contributed by atoms with E-state index in [0.29, 0.717) is 0 Å². The summed E-state index contributed by atoms with van der Waals surface area (Å²) in [5.74, 6) is 0. The topological polar surface area (TPSA) is 59.1 Å². The number of rotatable bonds is 0. The summed E-state index contributed by atoms with van der Waals surface area (Å²) in [6.45, 7) is 0. The lowest BCUT2D eigenvalue weighted by molar-refractivity contribution is 0.473. The van der Waals surface area contributed by atoms with E-state index in [0.717, 1.165) is 14.5 Å². The molecule has 10 heavy (non-hydrogen) atoms. The summed E-state index contributed by atoms with van der Waals surface area (Å²) in [6, 6.07) is 1.82. The first kappa shape index (κ1) is 5.94. The standard InChI is InChI=1S/C5H4N2OS2/c6-3-1-2-4(10-3)7-5(8)9-2/h1H,6H2,(H,7,8). The molecule has 0 aliphatic heterocycles. The smallest absolute Gasteiger partial charge is 0.272 e. The number of hydrogen-bond acceptors (Lipinski definition) is 5. The average Bonchev–Trinajstić information content (AvgIpc) is 2.21. The fourth-order valence-electron chi connectivity index (χ4n) is 0.741. The SMILES string of the molecule is Nc1cc2sc(O)nc2s1. The van der Waals surface area contributed by atoms with Crippen molar-refractivity contribution < 1.29 is 5.11 Å². The molecule has 2 rings (SSSR count). The van der Waals surface area contributed by atoms with Gasteiger partial charge in [-0.1, -0.05) is 22.7 Å². The maximum Gasteiger partial charge on any atom is 0.272 e. The van der Waals surface area contributed by atoms with Crippen LogP contribution in [0, 0.1) is 0 Å². The second-order valence-electron chi connectivity index (χ2n) is 1.81. The van der Waals surface area contributed by atoms with Gasteiger partial charge in [-0.15, -0.1) is 0 Å². The lowest BCUT2D eigenvalue weighted by Gasteiger charge is -1.75. The molecule has 0 saturated heterocycles. The minimum atomic E-state index is 0.112. The van der Waals surface area contributed by atoms with Crippen LogP contribution in [0.3, 0.4) is 0 Å². The molecule has 3 N–H and O–H groups in total. The molecule has 0 atom stereocenters. The fraction of sp³-hybridized carbons (Fsp3) is 0. The van der Waals surface area contributed by atoms with Crippen LogP contribution in [0.2, 0.25) is 0 Å². The molecule has 0 aromatic carbocycles. The summed E-state index contributed by atoms with van der Waals surface area (Å²) in [7, 11) is 0. The third-order valence-corrected chi connectivity index (χ3v) is 2.89. The van der Waals surface area contributed by atoms with Crippen LogP contribution in [0.4, 0.5) is 5.00 Å². The predicted molar refractivity (Wildman–Crippen MR) is 43.6 cm³/mol. The van der Waals surface area contributed by atoms with E-state index in [-0.39, 0.29) is 5.19 Å². The molecule has 0 saturated carbocycles. The molecule has 5 heteroatoms. The van der Waals surface area contributed by atoms with Crippen molar-refractivity contribution in [2.45, 2.75) is 0 Å². The van der Waals surface area contributed by atoms with Gasteiger partial charge in [-0.05, 0) is 6.07 Å². The highest BCUT2D eigenvalue weighted by atomic mass is 32.1. The summed E-state index contributed by atoms with van der Waals surface area (Å²) in [5.41, 5.74) is 5.49. The number of aromatic hydroxyl groups is 1. The summed E-state index contributed by atoms with van der Waals surface area (Å²) in [5, 5.41) is 9.77. The van der Waals surface area contributed by atoms with E-state index in [2.05, 4.69) is 4.98 Å². The van der Waals surface area contributed by atoms with Crippen molar-refractivity contribution >= 4 is 37.2 Å². The minimum absolute atomic E-state index is 0.112. The molecule has 0 amide bonds. The van der Waals surface area contributed by atoms with Crippen molar-refractivity contribution in [2.24, 2.45) is 0 Å². The molecule has 0 bridgehead atoms. The fourth-order valence-corrected chi connectivity index (χ4v) is 2.47. The van der Waals surface area contributed by atoms with Crippen molar-refractivity contribution in [1.29, 1.82) is 0 Å². The Morgan fingerprint density at radius 2 is 2.30 bits per heavy atom. The Morgan fingerprint density at radius 1 is 1.50 bits per heavy atom. The van der Waals surface area contributed by atoms with Crippen LogP contribution < -0.4 is 5.73 Å². The highest BCUT2D eigenvalue weighted by molar-refractivity contribution is 7.29. The number of thiophene rings is 1. The van der Waals surface area contributed by atoms with Gasteiger partial charge in [0.05, 0.1) is 9.70 Å². The molecule has 2 aromatic heterocycles. The Labute approximate surface area is 64.7 Å². The summed E-state index contributed by atoms with van der Waals surface area (Å²) in [4.78, 5) is 4.67. The number of thiazole rings is 1. The number of fused-ring (bicyclic) bond motifs is 1. The largest absolute Gasteiger partial charge is 0.486 e. The second-order valence-corrected chi connectivity index (χ2v) is 3.89. The van der Waals surface area contributed by atoms with Gasteiger partial charge in [0.1, 0.15) is 4.83 Å². The summed E-state index contributed by atoms with van der Waals surface area (Å²) < 4.78 is 0.958. The highest BCUT2D eigenvalue weighted by Gasteiger charge is 2.04. The second kappa shape index (κ2) is 1.83. The van der Waals surface area contributed by atoms with Gasteiger partial charge in [0, 0.05) is 0 Å². The molecule has 2 aromatic rings. The third kappa shape index (κ3) is 0.748. The van der Waals surface area contributed by atoms with Gasteiger partial charge in [-0.3, -0.25) is 0 Å². The molecule has 2 heterocycles. The van der Waals surface area contributed by atoms with Gasteiger partial charge in [0.2, 0.25) is 0 Å². The Morgan fingerprint density at radius 3 is 3.00 bits per heavy atom. The van der Waals surface area contributed by atoms with Crippen LogP contribution in [0.15, 0.2) is 6.07 Å². The van der Waals surface area contributed by atoms with Crippen molar-refractivity contribution in [2.75, 3.05) is 5.73 Å². The Kier molecular flexibility index (Phi) is 1.09. The van der Waals surface area contributed by atoms with Crippen LogP contribution in [0.25, 0.3) is 9.53 Å². The molecule has 0 fully saturated rings. The molecule has 0 aliphatic rings. The van der Waals surface area contributed by atoms with Gasteiger partial charge >= 0.3 is 0 Å². The number of nitrogen functional groups attached to an aromatic ring is 1. The molecule has 0 unspecified atom stereocenters. The minimum Gasteiger partial charge on any atom is -0.486 e. The normalized spacial score (nSPS) is 10.8. The Balaban J connectivity index is 2.83. The first-order valence-corrected chi connectivity index (χ1v) is 4.24. The van der Waals surface area contributed by atoms with E-state index in [9.17, 15) is 0 Å².